The molecule has 5 aromatic rings. The van der Waals surface area contributed by atoms with Crippen molar-refractivity contribution in [1.29, 1.82) is 0 Å². The van der Waals surface area contributed by atoms with Crippen molar-refractivity contribution in [2.24, 2.45) is 5.10 Å². The van der Waals surface area contributed by atoms with Gasteiger partial charge in [-0.05, 0) is 83.6 Å². The Bertz CT molecular complexity index is 1950. The van der Waals surface area contributed by atoms with Gasteiger partial charge in [0.1, 0.15) is 12.4 Å². The largest absolute Gasteiger partial charge is 0.496 e. The molecule has 4 aromatic carbocycles. The highest BCUT2D eigenvalue weighted by atomic mass is 35.5. The quantitative estimate of drug-likeness (QED) is 0.0922. The number of methoxy groups -OCH3 is 1. The zero-order chi connectivity index (χ0) is 31.5. The number of aryl methyl sites for hydroxylation is 1. The normalized spacial score (nSPS) is 11.4. The van der Waals surface area contributed by atoms with Crippen molar-refractivity contribution >= 4 is 46.0 Å². The molecule has 0 N–H and O–H groups in total. The van der Waals surface area contributed by atoms with Gasteiger partial charge in [0.2, 0.25) is 0 Å². The number of halogens is 2. The van der Waals surface area contributed by atoms with Gasteiger partial charge in [-0.2, -0.15) is 9.78 Å². The van der Waals surface area contributed by atoms with Gasteiger partial charge >= 0.3 is 0 Å². The molecule has 0 saturated carbocycles. The maximum absolute atomic E-state index is 13.7. The number of nitro groups is 1. The van der Waals surface area contributed by atoms with E-state index in [1.54, 1.807) is 49.6 Å². The van der Waals surface area contributed by atoms with Crippen LogP contribution in [-0.2, 0) is 6.61 Å². The second-order valence-electron chi connectivity index (χ2n) is 10.4. The number of hydrogen-bond donors (Lipinski definition) is 0. The fraction of sp³-hybridized carbons (Fsp3) is 0.182. The van der Waals surface area contributed by atoms with Gasteiger partial charge in [-0.3, -0.25) is 14.9 Å². The van der Waals surface area contributed by atoms with Crippen molar-refractivity contribution in [2.75, 3.05) is 7.11 Å². The van der Waals surface area contributed by atoms with Crippen LogP contribution in [0.15, 0.2) is 82.7 Å². The number of ether oxygens (including phenoxy) is 2. The first-order valence-electron chi connectivity index (χ1n) is 13.7. The summed E-state index contributed by atoms with van der Waals surface area (Å²) in [5.41, 5.74) is 4.05. The molecule has 0 spiro atoms. The van der Waals surface area contributed by atoms with Gasteiger partial charge in [0, 0.05) is 17.7 Å². The second kappa shape index (κ2) is 12.9. The van der Waals surface area contributed by atoms with Crippen LogP contribution < -0.4 is 15.0 Å². The van der Waals surface area contributed by atoms with E-state index in [0.29, 0.717) is 27.9 Å². The first-order valence-corrected chi connectivity index (χ1v) is 14.4. The van der Waals surface area contributed by atoms with Crippen molar-refractivity contribution in [3.05, 3.63) is 126 Å². The maximum Gasteiger partial charge on any atom is 0.282 e. The lowest BCUT2D eigenvalue weighted by atomic mass is 9.96. The minimum atomic E-state index is -0.468. The number of fused-ring (bicyclic) bond motifs is 1. The number of hydrogen-bond acceptors (Lipinski definition) is 7. The monoisotopic (exact) mass is 630 g/mol. The first kappa shape index (κ1) is 30.7. The predicted molar refractivity (Wildman–Crippen MR) is 174 cm³/mol. The van der Waals surface area contributed by atoms with Crippen LogP contribution in [0.3, 0.4) is 0 Å². The highest BCUT2D eigenvalue weighted by Gasteiger charge is 2.19. The third-order valence-corrected chi connectivity index (χ3v) is 7.63. The van der Waals surface area contributed by atoms with Crippen LogP contribution >= 0.6 is 23.2 Å². The molecule has 11 heteroatoms. The third kappa shape index (κ3) is 6.29. The molecule has 1 aromatic heterocycles. The van der Waals surface area contributed by atoms with Crippen molar-refractivity contribution in [2.45, 2.75) is 33.3 Å². The zero-order valence-electron chi connectivity index (χ0n) is 24.4. The summed E-state index contributed by atoms with van der Waals surface area (Å²) in [4.78, 5) is 29.0. The van der Waals surface area contributed by atoms with Gasteiger partial charge in [0.05, 0.1) is 39.2 Å². The summed E-state index contributed by atoms with van der Waals surface area (Å²) in [6, 6.07) is 20.3. The average molecular weight is 632 g/mol. The first-order chi connectivity index (χ1) is 21.1. The Morgan fingerprint density at radius 1 is 1.05 bits per heavy atom. The van der Waals surface area contributed by atoms with Gasteiger partial charge in [0.15, 0.2) is 11.6 Å². The van der Waals surface area contributed by atoms with Crippen molar-refractivity contribution in [1.82, 2.24) is 9.66 Å². The number of nitrogens with zero attached hydrogens (tertiary/aromatic N) is 4. The summed E-state index contributed by atoms with van der Waals surface area (Å²) < 4.78 is 12.7. The molecule has 0 saturated heterocycles. The maximum atomic E-state index is 13.7. The molecule has 9 nitrogen and oxygen atoms in total. The molecule has 224 valence electrons. The van der Waals surface area contributed by atoms with E-state index in [1.165, 1.54) is 23.0 Å². The fourth-order valence-corrected chi connectivity index (χ4v) is 5.37. The average Bonchev–Trinajstić information content (AvgIpc) is 3.00. The lowest BCUT2D eigenvalue weighted by Crippen LogP contribution is -2.20. The molecule has 1 heterocycles. The van der Waals surface area contributed by atoms with Crippen molar-refractivity contribution in [3.8, 4) is 22.9 Å². The summed E-state index contributed by atoms with van der Waals surface area (Å²) in [7, 11) is 1.64. The SMILES string of the molecule is COc1cc(C)c(-c2nc3ccccc3c(=O)n2N=Cc2cc(Cl)c(OCc3ccc([N+](=O)[O-])cc3)c(Cl)c2)cc1C(C)C. The van der Waals surface area contributed by atoms with Gasteiger partial charge in [-0.1, -0.05) is 49.2 Å². The van der Waals surface area contributed by atoms with E-state index in [4.69, 9.17) is 37.7 Å². The molecule has 44 heavy (non-hydrogen) atoms. The van der Waals surface area contributed by atoms with Gasteiger partial charge in [0.25, 0.3) is 11.2 Å². The molecule has 0 bridgehead atoms. The number of para-hydroxylation sites is 1. The van der Waals surface area contributed by atoms with E-state index in [9.17, 15) is 14.9 Å². The van der Waals surface area contributed by atoms with Crippen molar-refractivity contribution in [3.63, 3.8) is 0 Å². The molecule has 5 rings (SSSR count). The molecule has 0 aliphatic rings. The van der Waals surface area contributed by atoms with Crippen LogP contribution in [0.2, 0.25) is 10.0 Å². The van der Waals surface area contributed by atoms with E-state index in [2.05, 4.69) is 18.9 Å². The van der Waals surface area contributed by atoms with Gasteiger partial charge < -0.3 is 9.47 Å². The Morgan fingerprint density at radius 2 is 1.73 bits per heavy atom. The van der Waals surface area contributed by atoms with E-state index in [1.807, 2.05) is 25.1 Å². The van der Waals surface area contributed by atoms with E-state index in [-0.39, 0.29) is 39.6 Å². The van der Waals surface area contributed by atoms with Crippen LogP contribution in [0.4, 0.5) is 5.69 Å². The third-order valence-electron chi connectivity index (χ3n) is 7.07. The summed E-state index contributed by atoms with van der Waals surface area (Å²) in [5.74, 6) is 1.56. The molecule has 0 aliphatic carbocycles. The number of aromatic nitrogens is 2. The van der Waals surface area contributed by atoms with E-state index < -0.39 is 4.92 Å². The second-order valence-corrected chi connectivity index (χ2v) is 11.2. The minimum Gasteiger partial charge on any atom is -0.496 e. The summed E-state index contributed by atoms with van der Waals surface area (Å²) in [6.07, 6.45) is 1.49. The van der Waals surface area contributed by atoms with Crippen molar-refractivity contribution < 1.29 is 14.4 Å². The number of rotatable bonds is 9. The number of benzene rings is 4. The van der Waals surface area contributed by atoms with Crippen LogP contribution in [0.25, 0.3) is 22.3 Å². The lowest BCUT2D eigenvalue weighted by molar-refractivity contribution is -0.384. The topological polar surface area (TPSA) is 109 Å². The number of non-ortho nitro benzene ring substituents is 1. The van der Waals surface area contributed by atoms with Crippen LogP contribution in [-0.4, -0.2) is 27.9 Å². The van der Waals surface area contributed by atoms with Crippen LogP contribution in [0.1, 0.15) is 42.0 Å². The van der Waals surface area contributed by atoms with Crippen LogP contribution in [0, 0.1) is 17.0 Å². The fourth-order valence-electron chi connectivity index (χ4n) is 4.76. The van der Waals surface area contributed by atoms with Crippen LogP contribution in [0.5, 0.6) is 11.5 Å². The minimum absolute atomic E-state index is 0.0140. The summed E-state index contributed by atoms with van der Waals surface area (Å²) in [5, 5.41) is 16.4. The molecular weight excluding hydrogens is 603 g/mol. The Morgan fingerprint density at radius 3 is 2.36 bits per heavy atom. The molecule has 0 unspecified atom stereocenters. The predicted octanol–water partition coefficient (Wildman–Crippen LogP) is 8.18. The Balaban J connectivity index is 1.52. The molecule has 0 fully saturated rings. The number of nitro benzene ring substituents is 1. The molecule has 0 atom stereocenters. The van der Waals surface area contributed by atoms with E-state index in [0.717, 1.165) is 22.4 Å². The standard InChI is InChI=1S/C33H28Cl2N4O5/c1-19(2)25-16-26(20(3)13-30(25)43-4)32-37-29-8-6-5-7-24(29)33(40)38(32)36-17-22-14-27(34)31(28(35)15-22)44-18-21-9-11-23(12-10-21)39(41)42/h5-17,19H,18H2,1-4H3. The van der Waals surface area contributed by atoms with E-state index >= 15 is 0 Å². The van der Waals surface area contributed by atoms with Gasteiger partial charge in [-0.15, -0.1) is 0 Å². The molecular formula is C33H28Cl2N4O5. The van der Waals surface area contributed by atoms with Gasteiger partial charge in [-0.25, -0.2) is 4.98 Å². The Hall–Kier alpha value is -4.73. The molecule has 0 radical (unpaired) electrons. The zero-order valence-corrected chi connectivity index (χ0v) is 25.9. The smallest absolute Gasteiger partial charge is 0.282 e. The summed E-state index contributed by atoms with van der Waals surface area (Å²) in [6.45, 7) is 6.18. The molecule has 0 amide bonds. The summed E-state index contributed by atoms with van der Waals surface area (Å²) >= 11 is 13.1. The highest BCUT2D eigenvalue weighted by molar-refractivity contribution is 6.37. The lowest BCUT2D eigenvalue weighted by Gasteiger charge is -2.17. The highest BCUT2D eigenvalue weighted by Crippen LogP contribution is 2.36. The molecule has 0 aliphatic heterocycles. The Labute approximate surface area is 263 Å². The Kier molecular flexibility index (Phi) is 8.98.